The molecule has 0 aromatic heterocycles. The van der Waals surface area contributed by atoms with Gasteiger partial charge in [-0.15, -0.1) is 35.7 Å². The fraction of sp³-hybridized carbons (Fsp3) is 0.556. The minimum absolute atomic E-state index is 0. The second kappa shape index (κ2) is 13.2. The number of nitrogens with zero attached hydrogens (tertiary/aromatic N) is 1. The van der Waals surface area contributed by atoms with Gasteiger partial charge in [-0.1, -0.05) is 0 Å². The van der Waals surface area contributed by atoms with Crippen LogP contribution in [0.25, 0.3) is 0 Å². The third-order valence-corrected chi connectivity index (χ3v) is 4.03. The lowest BCUT2D eigenvalue weighted by molar-refractivity contribution is -0.121. The Hall–Kier alpha value is -1.03. The third kappa shape index (κ3) is 12.3. The van der Waals surface area contributed by atoms with E-state index in [1.54, 1.807) is 23.9 Å². The summed E-state index contributed by atoms with van der Waals surface area (Å²) in [6, 6.07) is 6.51. The summed E-state index contributed by atoms with van der Waals surface area (Å²) in [6.07, 6.45) is 0.931. The van der Waals surface area contributed by atoms with Crippen molar-refractivity contribution in [3.05, 3.63) is 30.1 Å². The van der Waals surface area contributed by atoms with Gasteiger partial charge in [0.15, 0.2) is 5.96 Å². The van der Waals surface area contributed by atoms with Gasteiger partial charge in [-0.3, -0.25) is 4.79 Å². The molecule has 148 valence electrons. The van der Waals surface area contributed by atoms with E-state index in [9.17, 15) is 9.18 Å². The molecule has 0 aliphatic heterocycles. The van der Waals surface area contributed by atoms with Crippen molar-refractivity contribution < 1.29 is 9.18 Å². The molecule has 0 heterocycles. The van der Waals surface area contributed by atoms with Crippen LogP contribution in [0.2, 0.25) is 0 Å². The van der Waals surface area contributed by atoms with Crippen LogP contribution in [0.15, 0.2) is 34.2 Å². The van der Waals surface area contributed by atoms with Gasteiger partial charge in [0, 0.05) is 23.5 Å². The largest absolute Gasteiger partial charge is 0.357 e. The highest BCUT2D eigenvalue weighted by Gasteiger charge is 2.13. The summed E-state index contributed by atoms with van der Waals surface area (Å²) in [6.45, 7) is 9.39. The van der Waals surface area contributed by atoms with Crippen molar-refractivity contribution in [2.75, 3.05) is 25.4 Å². The van der Waals surface area contributed by atoms with E-state index in [1.807, 2.05) is 27.7 Å². The van der Waals surface area contributed by atoms with Crippen LogP contribution in [0.3, 0.4) is 0 Å². The Balaban J connectivity index is 0.00000625. The van der Waals surface area contributed by atoms with Gasteiger partial charge >= 0.3 is 0 Å². The summed E-state index contributed by atoms with van der Waals surface area (Å²) in [5.74, 6) is 1.24. The minimum atomic E-state index is -0.254. The zero-order chi connectivity index (χ0) is 18.7. The molecule has 26 heavy (non-hydrogen) atoms. The number of amides is 1. The highest BCUT2D eigenvalue weighted by molar-refractivity contribution is 14.0. The van der Waals surface area contributed by atoms with E-state index >= 15 is 0 Å². The van der Waals surface area contributed by atoms with Crippen molar-refractivity contribution in [1.29, 1.82) is 0 Å². The summed E-state index contributed by atoms with van der Waals surface area (Å²) < 4.78 is 12.8. The number of halogens is 2. The summed E-state index contributed by atoms with van der Waals surface area (Å²) >= 11 is 1.69. The first-order valence-corrected chi connectivity index (χ1v) is 9.50. The van der Waals surface area contributed by atoms with Crippen molar-refractivity contribution in [2.45, 2.75) is 44.6 Å². The molecule has 0 unspecified atom stereocenters. The van der Waals surface area contributed by atoms with E-state index in [1.165, 1.54) is 12.1 Å². The fourth-order valence-corrected chi connectivity index (χ4v) is 2.80. The smallest absolute Gasteiger partial charge is 0.242 e. The number of carbonyl (C=O) groups excluding carboxylic acids is 1. The first-order valence-electron chi connectivity index (χ1n) is 8.51. The number of guanidine groups is 1. The number of rotatable bonds is 8. The first-order chi connectivity index (χ1) is 11.8. The van der Waals surface area contributed by atoms with E-state index < -0.39 is 0 Å². The molecule has 1 amide bonds. The molecule has 0 radical (unpaired) electrons. The van der Waals surface area contributed by atoms with Gasteiger partial charge in [0.1, 0.15) is 12.4 Å². The van der Waals surface area contributed by atoms with E-state index in [-0.39, 0.29) is 47.8 Å². The number of hydrogen-bond donors (Lipinski definition) is 3. The van der Waals surface area contributed by atoms with Crippen molar-refractivity contribution in [1.82, 2.24) is 16.0 Å². The van der Waals surface area contributed by atoms with Crippen LogP contribution in [0.1, 0.15) is 34.1 Å². The van der Waals surface area contributed by atoms with E-state index in [0.717, 1.165) is 30.2 Å². The maximum Gasteiger partial charge on any atom is 0.242 e. The first kappa shape index (κ1) is 25.0. The van der Waals surface area contributed by atoms with Crippen LogP contribution < -0.4 is 16.0 Å². The molecule has 0 aliphatic rings. The van der Waals surface area contributed by atoms with Crippen LogP contribution in [0.4, 0.5) is 4.39 Å². The minimum Gasteiger partial charge on any atom is -0.357 e. The molecule has 0 spiro atoms. The van der Waals surface area contributed by atoms with Crippen LogP contribution >= 0.6 is 35.7 Å². The molecule has 5 nitrogen and oxygen atoms in total. The fourth-order valence-electron chi connectivity index (χ4n) is 1.95. The monoisotopic (exact) mass is 496 g/mol. The Kier molecular flexibility index (Phi) is 12.7. The van der Waals surface area contributed by atoms with Crippen molar-refractivity contribution in [3.63, 3.8) is 0 Å². The molecule has 8 heteroatoms. The van der Waals surface area contributed by atoms with Crippen molar-refractivity contribution in [2.24, 2.45) is 4.99 Å². The predicted molar refractivity (Wildman–Crippen MR) is 119 cm³/mol. The quantitative estimate of drug-likeness (QED) is 0.170. The lowest BCUT2D eigenvalue weighted by Gasteiger charge is -2.20. The van der Waals surface area contributed by atoms with Gasteiger partial charge in [0.2, 0.25) is 5.91 Å². The maximum atomic E-state index is 12.8. The Morgan fingerprint density at radius 2 is 1.85 bits per heavy atom. The molecule has 0 atom stereocenters. The van der Waals surface area contributed by atoms with Gasteiger partial charge in [-0.25, -0.2) is 9.38 Å². The molecule has 1 aromatic rings. The Morgan fingerprint density at radius 3 is 2.42 bits per heavy atom. The lowest BCUT2D eigenvalue weighted by Crippen LogP contribution is -2.43. The number of aliphatic imine (C=N–C) groups is 1. The second-order valence-electron chi connectivity index (χ2n) is 6.58. The molecule has 3 N–H and O–H groups in total. The van der Waals surface area contributed by atoms with Crippen LogP contribution in [-0.4, -0.2) is 42.8 Å². The van der Waals surface area contributed by atoms with Gasteiger partial charge in [0.05, 0.1) is 0 Å². The number of nitrogens with one attached hydrogen (secondary N) is 3. The third-order valence-electron chi connectivity index (χ3n) is 2.94. The predicted octanol–water partition coefficient (Wildman–Crippen LogP) is 3.40. The van der Waals surface area contributed by atoms with Gasteiger partial charge in [-0.2, -0.15) is 0 Å². The highest BCUT2D eigenvalue weighted by Crippen LogP contribution is 2.18. The van der Waals surface area contributed by atoms with Crippen molar-refractivity contribution in [3.8, 4) is 0 Å². The zero-order valence-electron chi connectivity index (χ0n) is 15.9. The molecule has 1 aromatic carbocycles. The van der Waals surface area contributed by atoms with Crippen LogP contribution in [0.5, 0.6) is 0 Å². The second-order valence-corrected chi connectivity index (χ2v) is 7.74. The normalized spacial score (nSPS) is 11.5. The Labute approximate surface area is 177 Å². The number of benzene rings is 1. The molecule has 0 saturated heterocycles. The number of hydrogen-bond acceptors (Lipinski definition) is 3. The standard InChI is InChI=1S/C18H29FN4OS.HI/c1-5-20-17(22-13-16(24)23-18(2,3)4)21-11-6-12-25-15-9-7-14(19)8-10-15;/h7-10H,5-6,11-13H2,1-4H3,(H,23,24)(H2,20,21,22);1H. The summed E-state index contributed by atoms with van der Waals surface area (Å²) in [5, 5.41) is 9.23. The number of thioether (sulfide) groups is 1. The summed E-state index contributed by atoms with van der Waals surface area (Å²) in [7, 11) is 0. The van der Waals surface area contributed by atoms with Gasteiger partial charge < -0.3 is 16.0 Å². The molecule has 1 rings (SSSR count). The SMILES string of the molecule is CCNC(=NCC(=O)NC(C)(C)C)NCCCSc1ccc(F)cc1.I. The van der Waals surface area contributed by atoms with E-state index in [2.05, 4.69) is 20.9 Å². The van der Waals surface area contributed by atoms with E-state index in [0.29, 0.717) is 5.96 Å². The molecule has 0 aliphatic carbocycles. The average molecular weight is 496 g/mol. The van der Waals surface area contributed by atoms with Gasteiger partial charge in [-0.05, 0) is 64.1 Å². The maximum absolute atomic E-state index is 12.8. The highest BCUT2D eigenvalue weighted by atomic mass is 127. The Bertz CT molecular complexity index is 561. The Morgan fingerprint density at radius 1 is 1.19 bits per heavy atom. The molecule has 0 saturated carbocycles. The van der Waals surface area contributed by atoms with E-state index in [4.69, 9.17) is 0 Å². The average Bonchev–Trinajstić information content (AvgIpc) is 2.52. The van der Waals surface area contributed by atoms with Crippen molar-refractivity contribution >= 4 is 47.6 Å². The summed E-state index contributed by atoms with van der Waals surface area (Å²) in [5.41, 5.74) is -0.254. The molecular formula is C18H30FIN4OS. The zero-order valence-corrected chi connectivity index (χ0v) is 19.0. The van der Waals surface area contributed by atoms with Crippen LogP contribution in [-0.2, 0) is 4.79 Å². The lowest BCUT2D eigenvalue weighted by atomic mass is 10.1. The van der Waals surface area contributed by atoms with Gasteiger partial charge in [0.25, 0.3) is 0 Å². The van der Waals surface area contributed by atoms with Crippen LogP contribution in [0, 0.1) is 5.82 Å². The molecule has 0 bridgehead atoms. The summed E-state index contributed by atoms with van der Waals surface area (Å²) in [4.78, 5) is 17.2. The number of carbonyl (C=O) groups is 1. The molecule has 0 fully saturated rings. The topological polar surface area (TPSA) is 65.5 Å². The molecular weight excluding hydrogens is 466 g/mol.